The number of anilines is 1. The molecule has 30 heavy (non-hydrogen) atoms. The van der Waals surface area contributed by atoms with E-state index in [1.165, 1.54) is 17.1 Å². The van der Waals surface area contributed by atoms with Crippen molar-refractivity contribution >= 4 is 34.4 Å². The number of fused-ring (bicyclic) bond motifs is 1. The number of nitrogens with one attached hydrogen (secondary N) is 1. The second-order valence-corrected chi connectivity index (χ2v) is 9.37. The number of benzene rings is 1. The summed E-state index contributed by atoms with van der Waals surface area (Å²) >= 11 is 2.02. The number of pyridine rings is 1. The second-order valence-electron chi connectivity index (χ2n) is 8.15. The van der Waals surface area contributed by atoms with Crippen LogP contribution in [0.2, 0.25) is 0 Å². The molecular weight excluding hydrogens is 394 g/mol. The van der Waals surface area contributed by atoms with Crippen LogP contribution in [0.1, 0.15) is 47.1 Å². The average Bonchev–Trinajstić information content (AvgIpc) is 3.14. The van der Waals surface area contributed by atoms with Gasteiger partial charge in [-0.1, -0.05) is 12.1 Å². The van der Waals surface area contributed by atoms with E-state index in [0.717, 1.165) is 41.9 Å². The first-order valence-electron chi connectivity index (χ1n) is 10.5. The Bertz CT molecular complexity index is 1070. The molecule has 1 aliphatic rings. The van der Waals surface area contributed by atoms with Gasteiger partial charge in [-0.25, -0.2) is 9.67 Å². The van der Waals surface area contributed by atoms with Crippen LogP contribution in [-0.4, -0.2) is 50.2 Å². The molecule has 6 nitrogen and oxygen atoms in total. The first-order chi connectivity index (χ1) is 14.4. The molecule has 1 amide bonds. The number of hydrogen-bond acceptors (Lipinski definition) is 5. The Morgan fingerprint density at radius 3 is 2.73 bits per heavy atom. The number of aryl methyl sites for hydroxylation is 1. The minimum Gasteiger partial charge on any atom is -0.322 e. The van der Waals surface area contributed by atoms with Crippen molar-refractivity contribution in [2.24, 2.45) is 0 Å². The van der Waals surface area contributed by atoms with Gasteiger partial charge >= 0.3 is 0 Å². The van der Waals surface area contributed by atoms with Crippen LogP contribution in [0.4, 0.5) is 5.69 Å². The first kappa shape index (κ1) is 20.9. The Labute approximate surface area is 182 Å². The third kappa shape index (κ3) is 4.23. The number of carbonyl (C=O) groups excluding carboxylic acids is 1. The van der Waals surface area contributed by atoms with Crippen molar-refractivity contribution < 1.29 is 4.79 Å². The van der Waals surface area contributed by atoms with Gasteiger partial charge in [0.05, 0.1) is 17.5 Å². The maximum Gasteiger partial charge on any atom is 0.257 e. The van der Waals surface area contributed by atoms with Crippen LogP contribution in [0.25, 0.3) is 11.0 Å². The van der Waals surface area contributed by atoms with Crippen LogP contribution in [0.3, 0.4) is 0 Å². The van der Waals surface area contributed by atoms with E-state index in [-0.39, 0.29) is 11.9 Å². The average molecular weight is 424 g/mol. The maximum atomic E-state index is 13.1. The standard InChI is InChI=1S/C23H29N5OS/c1-15(2)28-22-19(13-24-28)12-20(17(4)25-22)23(29)26-21-7-5-6-18(16(21)3)14-27-8-10-30-11-9-27/h5-7,12-13,15H,8-11,14H2,1-4H3,(H,26,29). The largest absolute Gasteiger partial charge is 0.322 e. The van der Waals surface area contributed by atoms with Crippen LogP contribution >= 0.6 is 11.8 Å². The summed E-state index contributed by atoms with van der Waals surface area (Å²) < 4.78 is 1.89. The molecule has 1 N–H and O–H groups in total. The summed E-state index contributed by atoms with van der Waals surface area (Å²) in [5, 5.41) is 8.41. The van der Waals surface area contributed by atoms with Crippen molar-refractivity contribution in [3.63, 3.8) is 0 Å². The van der Waals surface area contributed by atoms with Crippen molar-refractivity contribution in [1.29, 1.82) is 0 Å². The van der Waals surface area contributed by atoms with E-state index in [1.807, 2.05) is 41.6 Å². The Balaban J connectivity index is 1.56. The lowest BCUT2D eigenvalue weighted by atomic mass is 10.1. The molecule has 1 aliphatic heterocycles. The fourth-order valence-electron chi connectivity index (χ4n) is 3.85. The highest BCUT2D eigenvalue weighted by Crippen LogP contribution is 2.24. The molecule has 3 aromatic rings. The van der Waals surface area contributed by atoms with Gasteiger partial charge in [0.1, 0.15) is 0 Å². The van der Waals surface area contributed by atoms with E-state index >= 15 is 0 Å². The normalized spacial score (nSPS) is 15.1. The maximum absolute atomic E-state index is 13.1. The van der Waals surface area contributed by atoms with Crippen LogP contribution in [-0.2, 0) is 6.54 Å². The zero-order valence-electron chi connectivity index (χ0n) is 18.1. The molecule has 3 heterocycles. The van der Waals surface area contributed by atoms with Gasteiger partial charge in [-0.3, -0.25) is 9.69 Å². The van der Waals surface area contributed by atoms with Gasteiger partial charge in [0.25, 0.3) is 5.91 Å². The molecule has 158 valence electrons. The van der Waals surface area contributed by atoms with Crippen molar-refractivity contribution in [2.75, 3.05) is 29.9 Å². The molecule has 2 aromatic heterocycles. The molecule has 0 spiro atoms. The summed E-state index contributed by atoms with van der Waals surface area (Å²) in [5.74, 6) is 2.25. The molecule has 1 saturated heterocycles. The Hall–Kier alpha value is -2.38. The number of carbonyl (C=O) groups is 1. The monoisotopic (exact) mass is 423 g/mol. The highest BCUT2D eigenvalue weighted by atomic mass is 32.2. The van der Waals surface area contributed by atoms with Crippen LogP contribution in [0, 0.1) is 13.8 Å². The van der Waals surface area contributed by atoms with E-state index in [1.54, 1.807) is 6.20 Å². The third-order valence-corrected chi connectivity index (χ3v) is 6.63. The van der Waals surface area contributed by atoms with E-state index in [0.29, 0.717) is 11.3 Å². The Morgan fingerprint density at radius 1 is 1.23 bits per heavy atom. The molecule has 7 heteroatoms. The van der Waals surface area contributed by atoms with Gasteiger partial charge in [0, 0.05) is 48.3 Å². The van der Waals surface area contributed by atoms with E-state index < -0.39 is 0 Å². The molecule has 0 bridgehead atoms. The fraction of sp³-hybridized carbons (Fsp3) is 0.435. The van der Waals surface area contributed by atoms with Gasteiger partial charge < -0.3 is 5.32 Å². The van der Waals surface area contributed by atoms with Gasteiger partial charge in [0.15, 0.2) is 5.65 Å². The number of aromatic nitrogens is 3. The molecule has 1 fully saturated rings. The van der Waals surface area contributed by atoms with E-state index in [9.17, 15) is 4.79 Å². The SMILES string of the molecule is Cc1nc2c(cnn2C(C)C)cc1C(=O)Nc1cccc(CN2CCSCC2)c1C. The topological polar surface area (TPSA) is 63.1 Å². The van der Waals surface area contributed by atoms with Gasteiger partial charge in [0.2, 0.25) is 0 Å². The number of amides is 1. The second kappa shape index (κ2) is 8.78. The zero-order chi connectivity index (χ0) is 21.3. The smallest absolute Gasteiger partial charge is 0.257 e. The highest BCUT2D eigenvalue weighted by Gasteiger charge is 2.17. The van der Waals surface area contributed by atoms with Crippen LogP contribution < -0.4 is 5.32 Å². The van der Waals surface area contributed by atoms with Crippen LogP contribution in [0.15, 0.2) is 30.5 Å². The van der Waals surface area contributed by atoms with Gasteiger partial charge in [-0.05, 0) is 51.0 Å². The minimum atomic E-state index is -0.131. The third-order valence-electron chi connectivity index (χ3n) is 5.69. The summed E-state index contributed by atoms with van der Waals surface area (Å²) in [7, 11) is 0. The molecule has 0 aliphatic carbocycles. The predicted molar refractivity (Wildman–Crippen MR) is 124 cm³/mol. The molecule has 0 atom stereocenters. The van der Waals surface area contributed by atoms with Gasteiger partial charge in [-0.2, -0.15) is 16.9 Å². The number of hydrogen-bond donors (Lipinski definition) is 1. The quantitative estimate of drug-likeness (QED) is 0.658. The lowest BCUT2D eigenvalue weighted by molar-refractivity contribution is 0.102. The Kier molecular flexibility index (Phi) is 6.11. The number of thioether (sulfide) groups is 1. The molecular formula is C23H29N5OS. The zero-order valence-corrected chi connectivity index (χ0v) is 18.9. The highest BCUT2D eigenvalue weighted by molar-refractivity contribution is 7.99. The predicted octanol–water partition coefficient (Wildman–Crippen LogP) is 4.43. The molecule has 1 aromatic carbocycles. The van der Waals surface area contributed by atoms with Crippen molar-refractivity contribution in [3.8, 4) is 0 Å². The Morgan fingerprint density at radius 2 is 2.00 bits per heavy atom. The molecule has 0 unspecified atom stereocenters. The first-order valence-corrected chi connectivity index (χ1v) is 11.6. The fourth-order valence-corrected chi connectivity index (χ4v) is 4.83. The van der Waals surface area contributed by atoms with Crippen molar-refractivity contribution in [3.05, 3.63) is 52.8 Å². The summed E-state index contributed by atoms with van der Waals surface area (Å²) in [6.45, 7) is 11.3. The summed E-state index contributed by atoms with van der Waals surface area (Å²) in [6, 6.07) is 8.27. The van der Waals surface area contributed by atoms with E-state index in [4.69, 9.17) is 0 Å². The molecule has 4 rings (SSSR count). The van der Waals surface area contributed by atoms with Crippen molar-refractivity contribution in [2.45, 2.75) is 40.3 Å². The van der Waals surface area contributed by atoms with Crippen LogP contribution in [0.5, 0.6) is 0 Å². The summed E-state index contributed by atoms with van der Waals surface area (Å²) in [4.78, 5) is 20.2. The number of rotatable bonds is 5. The lowest BCUT2D eigenvalue weighted by Gasteiger charge is -2.27. The molecule has 0 radical (unpaired) electrons. The number of nitrogens with zero attached hydrogens (tertiary/aromatic N) is 4. The molecule has 0 saturated carbocycles. The van der Waals surface area contributed by atoms with Crippen molar-refractivity contribution in [1.82, 2.24) is 19.7 Å². The minimum absolute atomic E-state index is 0.131. The summed E-state index contributed by atoms with van der Waals surface area (Å²) in [5.41, 5.74) is 5.37. The lowest BCUT2D eigenvalue weighted by Crippen LogP contribution is -2.32. The van der Waals surface area contributed by atoms with E-state index in [2.05, 4.69) is 47.1 Å². The van der Waals surface area contributed by atoms with Gasteiger partial charge in [-0.15, -0.1) is 0 Å². The summed E-state index contributed by atoms with van der Waals surface area (Å²) in [6.07, 6.45) is 1.78.